The van der Waals surface area contributed by atoms with Crippen molar-refractivity contribution in [2.75, 3.05) is 26.2 Å². The van der Waals surface area contributed by atoms with E-state index in [9.17, 15) is 14.4 Å². The highest BCUT2D eigenvalue weighted by Crippen LogP contribution is 2.09. The van der Waals surface area contributed by atoms with Gasteiger partial charge in [0.1, 0.15) is 0 Å². The number of hydrogen-bond donors (Lipinski definition) is 1. The molecule has 0 spiro atoms. The zero-order chi connectivity index (χ0) is 13.0. The molecule has 1 unspecified atom stereocenters. The Morgan fingerprint density at radius 2 is 1.59 bits per heavy atom. The minimum Gasteiger partial charge on any atom is -0.481 e. The number of piperazine rings is 1. The summed E-state index contributed by atoms with van der Waals surface area (Å²) in [5, 5.41) is 8.72. The fourth-order valence-electron chi connectivity index (χ4n) is 1.75. The SMILES string of the molecule is CC(=O)N1CCN(C(=O)CC(C)C(=O)O)CC1. The van der Waals surface area contributed by atoms with Crippen LogP contribution in [0.15, 0.2) is 0 Å². The molecule has 0 saturated carbocycles. The highest BCUT2D eigenvalue weighted by molar-refractivity contribution is 5.82. The lowest BCUT2D eigenvalue weighted by molar-refractivity contribution is -0.146. The van der Waals surface area contributed by atoms with Crippen LogP contribution in [0.25, 0.3) is 0 Å². The van der Waals surface area contributed by atoms with E-state index in [0.717, 1.165) is 0 Å². The van der Waals surface area contributed by atoms with Crippen LogP contribution >= 0.6 is 0 Å². The Morgan fingerprint density at radius 3 is 2.00 bits per heavy atom. The first kappa shape index (κ1) is 13.5. The molecule has 1 atom stereocenters. The lowest BCUT2D eigenvalue weighted by Crippen LogP contribution is -2.50. The maximum atomic E-state index is 11.7. The van der Waals surface area contributed by atoms with Crippen molar-refractivity contribution >= 4 is 17.8 Å². The molecule has 1 fully saturated rings. The highest BCUT2D eigenvalue weighted by atomic mass is 16.4. The van der Waals surface area contributed by atoms with E-state index in [1.54, 1.807) is 9.80 Å². The van der Waals surface area contributed by atoms with E-state index in [1.807, 2.05) is 0 Å². The Kier molecular flexibility index (Phi) is 4.48. The Morgan fingerprint density at radius 1 is 1.12 bits per heavy atom. The van der Waals surface area contributed by atoms with Crippen molar-refractivity contribution in [2.45, 2.75) is 20.3 Å². The number of carbonyl (C=O) groups excluding carboxylic acids is 2. The first-order chi connectivity index (χ1) is 7.91. The maximum absolute atomic E-state index is 11.7. The molecule has 0 bridgehead atoms. The molecule has 17 heavy (non-hydrogen) atoms. The molecular formula is C11H18N2O4. The van der Waals surface area contributed by atoms with Gasteiger partial charge in [-0.1, -0.05) is 6.92 Å². The predicted octanol–water partition coefficient (Wildman–Crippen LogP) is -0.212. The summed E-state index contributed by atoms with van der Waals surface area (Å²) in [6.45, 7) is 5.07. The van der Waals surface area contributed by atoms with Gasteiger partial charge >= 0.3 is 5.97 Å². The molecule has 1 saturated heterocycles. The largest absolute Gasteiger partial charge is 0.481 e. The van der Waals surface area contributed by atoms with E-state index < -0.39 is 11.9 Å². The summed E-state index contributed by atoms with van der Waals surface area (Å²) in [7, 11) is 0. The Bertz CT molecular complexity index is 321. The molecule has 1 N–H and O–H groups in total. The lowest BCUT2D eigenvalue weighted by Gasteiger charge is -2.34. The van der Waals surface area contributed by atoms with Gasteiger partial charge < -0.3 is 14.9 Å². The molecule has 1 rings (SSSR count). The molecular weight excluding hydrogens is 224 g/mol. The number of hydrogen-bond acceptors (Lipinski definition) is 3. The smallest absolute Gasteiger partial charge is 0.306 e. The van der Waals surface area contributed by atoms with Gasteiger partial charge in [-0.25, -0.2) is 0 Å². The number of carbonyl (C=O) groups is 3. The number of carboxylic acids is 1. The molecule has 0 aromatic carbocycles. The summed E-state index contributed by atoms with van der Waals surface area (Å²) in [5.41, 5.74) is 0. The Balaban J connectivity index is 2.41. The van der Waals surface area contributed by atoms with Crippen LogP contribution in [0.1, 0.15) is 20.3 Å². The first-order valence-electron chi connectivity index (χ1n) is 5.68. The molecule has 6 heteroatoms. The van der Waals surface area contributed by atoms with Crippen LogP contribution in [0.3, 0.4) is 0 Å². The van der Waals surface area contributed by atoms with Crippen molar-refractivity contribution in [2.24, 2.45) is 5.92 Å². The van der Waals surface area contributed by atoms with Crippen LogP contribution in [0.2, 0.25) is 0 Å². The van der Waals surface area contributed by atoms with E-state index in [2.05, 4.69) is 0 Å². The van der Waals surface area contributed by atoms with Crippen molar-refractivity contribution in [3.63, 3.8) is 0 Å². The normalized spacial score (nSPS) is 17.8. The number of aliphatic carboxylic acids is 1. The van der Waals surface area contributed by atoms with Crippen LogP contribution in [0, 0.1) is 5.92 Å². The van der Waals surface area contributed by atoms with Crippen molar-refractivity contribution in [3.05, 3.63) is 0 Å². The third-order valence-corrected chi connectivity index (χ3v) is 2.98. The van der Waals surface area contributed by atoms with Gasteiger partial charge in [-0.05, 0) is 0 Å². The number of rotatable bonds is 3. The number of carboxylic acid groups (broad SMARTS) is 1. The maximum Gasteiger partial charge on any atom is 0.306 e. The zero-order valence-electron chi connectivity index (χ0n) is 10.2. The average Bonchev–Trinajstić information content (AvgIpc) is 2.28. The van der Waals surface area contributed by atoms with E-state index in [0.29, 0.717) is 26.2 Å². The fourth-order valence-corrected chi connectivity index (χ4v) is 1.75. The van der Waals surface area contributed by atoms with Crippen LogP contribution in [-0.4, -0.2) is 58.9 Å². The van der Waals surface area contributed by atoms with Gasteiger partial charge in [0.15, 0.2) is 0 Å². The van der Waals surface area contributed by atoms with E-state index in [4.69, 9.17) is 5.11 Å². The molecule has 96 valence electrons. The van der Waals surface area contributed by atoms with Gasteiger partial charge in [0.2, 0.25) is 11.8 Å². The second kappa shape index (κ2) is 5.65. The summed E-state index contributed by atoms with van der Waals surface area (Å²) in [5.74, 6) is -1.76. The summed E-state index contributed by atoms with van der Waals surface area (Å²) in [6.07, 6.45) is 0.0232. The molecule has 0 aromatic heterocycles. The summed E-state index contributed by atoms with van der Waals surface area (Å²) >= 11 is 0. The standard InChI is InChI=1S/C11H18N2O4/c1-8(11(16)17)7-10(15)13-5-3-12(4-6-13)9(2)14/h8H,3-7H2,1-2H3,(H,16,17). The average molecular weight is 242 g/mol. The first-order valence-corrected chi connectivity index (χ1v) is 5.68. The molecule has 6 nitrogen and oxygen atoms in total. The van der Waals surface area contributed by atoms with Gasteiger partial charge in [0.25, 0.3) is 0 Å². The van der Waals surface area contributed by atoms with E-state index in [1.165, 1.54) is 13.8 Å². The molecule has 1 aliphatic heterocycles. The van der Waals surface area contributed by atoms with Gasteiger partial charge in [0.05, 0.1) is 5.92 Å². The summed E-state index contributed by atoms with van der Waals surface area (Å²) in [4.78, 5) is 36.8. The van der Waals surface area contributed by atoms with Crippen LogP contribution in [0.5, 0.6) is 0 Å². The molecule has 0 aromatic rings. The zero-order valence-corrected chi connectivity index (χ0v) is 10.2. The summed E-state index contributed by atoms with van der Waals surface area (Å²) in [6, 6.07) is 0. The Hall–Kier alpha value is -1.59. The monoisotopic (exact) mass is 242 g/mol. The summed E-state index contributed by atoms with van der Waals surface area (Å²) < 4.78 is 0. The Labute approximate surface area is 100 Å². The molecule has 2 amide bonds. The quantitative estimate of drug-likeness (QED) is 0.742. The van der Waals surface area contributed by atoms with Crippen molar-refractivity contribution < 1.29 is 19.5 Å². The van der Waals surface area contributed by atoms with Crippen LogP contribution in [0.4, 0.5) is 0 Å². The molecule has 0 aliphatic carbocycles. The highest BCUT2D eigenvalue weighted by Gasteiger charge is 2.24. The molecule has 1 aliphatic rings. The fraction of sp³-hybridized carbons (Fsp3) is 0.727. The molecule has 0 radical (unpaired) electrons. The third-order valence-electron chi connectivity index (χ3n) is 2.98. The van der Waals surface area contributed by atoms with Gasteiger partial charge in [-0.15, -0.1) is 0 Å². The van der Waals surface area contributed by atoms with Gasteiger partial charge in [-0.2, -0.15) is 0 Å². The van der Waals surface area contributed by atoms with E-state index in [-0.39, 0.29) is 18.2 Å². The number of amides is 2. The van der Waals surface area contributed by atoms with E-state index >= 15 is 0 Å². The van der Waals surface area contributed by atoms with Gasteiger partial charge in [-0.3, -0.25) is 14.4 Å². The second-order valence-electron chi connectivity index (χ2n) is 4.33. The van der Waals surface area contributed by atoms with Crippen molar-refractivity contribution in [3.8, 4) is 0 Å². The molecule has 1 heterocycles. The van der Waals surface area contributed by atoms with Gasteiger partial charge in [0, 0.05) is 39.5 Å². The van der Waals surface area contributed by atoms with Crippen molar-refractivity contribution in [1.82, 2.24) is 9.80 Å². The third kappa shape index (κ3) is 3.72. The van der Waals surface area contributed by atoms with Crippen LogP contribution in [-0.2, 0) is 14.4 Å². The second-order valence-corrected chi connectivity index (χ2v) is 4.33. The predicted molar refractivity (Wildman–Crippen MR) is 60.3 cm³/mol. The number of nitrogens with zero attached hydrogens (tertiary/aromatic N) is 2. The minimum absolute atomic E-state index is 0.0102. The van der Waals surface area contributed by atoms with Crippen LogP contribution < -0.4 is 0 Å². The minimum atomic E-state index is -0.958. The lowest BCUT2D eigenvalue weighted by atomic mass is 10.1. The topological polar surface area (TPSA) is 77.9 Å². The van der Waals surface area contributed by atoms with Crippen molar-refractivity contribution in [1.29, 1.82) is 0 Å².